The van der Waals surface area contributed by atoms with Crippen LogP contribution in [0.3, 0.4) is 0 Å². The lowest BCUT2D eigenvalue weighted by atomic mass is 9.84. The average molecular weight is 371 g/mol. The van der Waals surface area contributed by atoms with E-state index in [0.717, 1.165) is 11.1 Å². The summed E-state index contributed by atoms with van der Waals surface area (Å²) in [5.74, 6) is 0.230. The molecular formula is C22H17N3O3. The van der Waals surface area contributed by atoms with E-state index in [9.17, 15) is 10.1 Å². The fourth-order valence-electron chi connectivity index (χ4n) is 3.62. The summed E-state index contributed by atoms with van der Waals surface area (Å²) in [6.45, 7) is 0.781. The summed E-state index contributed by atoms with van der Waals surface area (Å²) >= 11 is 0. The molecular weight excluding hydrogens is 354 g/mol. The maximum absolute atomic E-state index is 12.1. The van der Waals surface area contributed by atoms with Crippen LogP contribution in [0.1, 0.15) is 29.0 Å². The number of benzene rings is 2. The van der Waals surface area contributed by atoms with Gasteiger partial charge in [-0.15, -0.1) is 0 Å². The molecule has 6 nitrogen and oxygen atoms in total. The van der Waals surface area contributed by atoms with Crippen LogP contribution in [0.15, 0.2) is 60.2 Å². The predicted molar refractivity (Wildman–Crippen MR) is 100 cm³/mol. The molecule has 2 aliphatic rings. The van der Waals surface area contributed by atoms with Crippen LogP contribution in [0.25, 0.3) is 5.76 Å². The summed E-state index contributed by atoms with van der Waals surface area (Å²) in [4.78, 5) is 13.7. The number of rotatable bonds is 3. The Hall–Kier alpha value is -3.77. The molecule has 0 N–H and O–H groups in total. The molecule has 1 saturated heterocycles. The molecule has 2 heterocycles. The van der Waals surface area contributed by atoms with Crippen molar-refractivity contribution in [3.63, 3.8) is 0 Å². The molecule has 0 aromatic heterocycles. The first kappa shape index (κ1) is 17.6. The number of amides is 1. The van der Waals surface area contributed by atoms with E-state index in [1.165, 1.54) is 0 Å². The predicted octanol–water partition coefficient (Wildman–Crippen LogP) is 3.78. The molecule has 0 saturated carbocycles. The average Bonchev–Trinajstić information content (AvgIpc) is 3.19. The lowest BCUT2D eigenvalue weighted by Gasteiger charge is -2.36. The van der Waals surface area contributed by atoms with E-state index in [4.69, 9.17) is 14.7 Å². The van der Waals surface area contributed by atoms with Gasteiger partial charge in [0.25, 0.3) is 0 Å². The van der Waals surface area contributed by atoms with Gasteiger partial charge in [-0.05, 0) is 17.7 Å². The molecule has 1 amide bonds. The third-order valence-corrected chi connectivity index (χ3v) is 5.02. The van der Waals surface area contributed by atoms with Gasteiger partial charge in [0, 0.05) is 17.9 Å². The van der Waals surface area contributed by atoms with E-state index in [1.54, 1.807) is 17.0 Å². The van der Waals surface area contributed by atoms with Crippen LogP contribution in [-0.4, -0.2) is 30.4 Å². The molecule has 28 heavy (non-hydrogen) atoms. The van der Waals surface area contributed by atoms with Crippen molar-refractivity contribution in [1.82, 2.24) is 4.90 Å². The van der Waals surface area contributed by atoms with Crippen molar-refractivity contribution in [1.29, 1.82) is 10.5 Å². The summed E-state index contributed by atoms with van der Waals surface area (Å²) in [6.07, 6.45) is -0.486. The van der Waals surface area contributed by atoms with E-state index < -0.39 is 12.3 Å². The molecule has 2 atom stereocenters. The highest BCUT2D eigenvalue weighted by Gasteiger charge is 2.39. The number of hydrogen-bond acceptors (Lipinski definition) is 5. The van der Waals surface area contributed by atoms with Crippen molar-refractivity contribution in [2.24, 2.45) is 0 Å². The number of carbonyl (C=O) groups excluding carboxylic acids is 1. The minimum Gasteiger partial charge on any atom is -0.469 e. The Balaban J connectivity index is 1.80. The van der Waals surface area contributed by atoms with Crippen LogP contribution in [0.4, 0.5) is 4.79 Å². The normalized spacial score (nSPS) is 21.5. The molecule has 0 bridgehead atoms. The van der Waals surface area contributed by atoms with E-state index in [0.29, 0.717) is 36.5 Å². The molecule has 2 aromatic carbocycles. The zero-order valence-corrected chi connectivity index (χ0v) is 15.0. The van der Waals surface area contributed by atoms with Crippen LogP contribution < -0.4 is 0 Å². The molecule has 138 valence electrons. The number of nitrogens with zero attached hydrogens (tertiary/aromatic N) is 3. The maximum atomic E-state index is 12.1. The van der Waals surface area contributed by atoms with Crippen molar-refractivity contribution < 1.29 is 14.3 Å². The van der Waals surface area contributed by atoms with Crippen molar-refractivity contribution in [3.8, 4) is 12.1 Å². The second kappa shape index (κ2) is 7.46. The highest BCUT2D eigenvalue weighted by atomic mass is 16.6. The number of ether oxygens (including phenoxy) is 2. The second-order valence-corrected chi connectivity index (χ2v) is 6.62. The molecule has 0 unspecified atom stereocenters. The Kier molecular flexibility index (Phi) is 4.70. The third kappa shape index (κ3) is 3.17. The molecule has 0 radical (unpaired) electrons. The number of carbonyl (C=O) groups is 1. The van der Waals surface area contributed by atoms with E-state index >= 15 is 0 Å². The van der Waals surface area contributed by atoms with Gasteiger partial charge in [0.15, 0.2) is 6.23 Å². The fourth-order valence-corrected chi connectivity index (χ4v) is 3.62. The third-order valence-electron chi connectivity index (χ3n) is 5.02. The summed E-state index contributed by atoms with van der Waals surface area (Å²) in [7, 11) is 0. The molecule has 2 aliphatic heterocycles. The maximum Gasteiger partial charge on any atom is 0.412 e. The lowest BCUT2D eigenvalue weighted by molar-refractivity contribution is 0.0187. The van der Waals surface area contributed by atoms with Gasteiger partial charge in [0.2, 0.25) is 0 Å². The molecule has 6 heteroatoms. The fraction of sp³-hybridized carbons (Fsp3) is 0.227. The molecule has 0 spiro atoms. The highest BCUT2D eigenvalue weighted by molar-refractivity contribution is 5.72. The Morgan fingerprint density at radius 1 is 1.00 bits per heavy atom. The molecule has 2 aromatic rings. The quantitative estimate of drug-likeness (QED) is 0.820. The Morgan fingerprint density at radius 2 is 1.75 bits per heavy atom. The van der Waals surface area contributed by atoms with E-state index in [2.05, 4.69) is 12.1 Å². The summed E-state index contributed by atoms with van der Waals surface area (Å²) < 4.78 is 11.2. The number of nitriles is 2. The molecule has 1 fully saturated rings. The number of hydrogen-bond donors (Lipinski definition) is 0. The standard InChI is InChI=1S/C22H17N3O3/c23-13-15-6-8-16(9-7-15)18-12-20(25-10-11-27-22(25)26)28-21(19(18)14-24)17-4-2-1-3-5-17/h1-9,18,20H,10-12H2/t18-,20+/m0/s1. The van der Waals surface area contributed by atoms with Crippen molar-refractivity contribution in [2.75, 3.05) is 13.2 Å². The van der Waals surface area contributed by atoms with Gasteiger partial charge in [-0.25, -0.2) is 4.79 Å². The Bertz CT molecular complexity index is 1000. The molecule has 0 aliphatic carbocycles. The van der Waals surface area contributed by atoms with Gasteiger partial charge in [-0.1, -0.05) is 42.5 Å². The van der Waals surface area contributed by atoms with Gasteiger partial charge in [0.1, 0.15) is 12.4 Å². The van der Waals surface area contributed by atoms with Crippen LogP contribution in [0, 0.1) is 22.7 Å². The minimum atomic E-state index is -0.525. The van der Waals surface area contributed by atoms with E-state index in [-0.39, 0.29) is 5.92 Å². The molecule has 4 rings (SSSR count). The van der Waals surface area contributed by atoms with Crippen LogP contribution >= 0.6 is 0 Å². The first-order chi connectivity index (χ1) is 13.7. The zero-order valence-electron chi connectivity index (χ0n) is 15.0. The second-order valence-electron chi connectivity index (χ2n) is 6.62. The van der Waals surface area contributed by atoms with Crippen LogP contribution in [0.5, 0.6) is 0 Å². The summed E-state index contributed by atoms with van der Waals surface area (Å²) in [5, 5.41) is 19.0. The lowest BCUT2D eigenvalue weighted by Crippen LogP contribution is -2.41. The topological polar surface area (TPSA) is 86.3 Å². The monoisotopic (exact) mass is 371 g/mol. The number of cyclic esters (lactones) is 1. The van der Waals surface area contributed by atoms with Crippen LogP contribution in [-0.2, 0) is 9.47 Å². The Labute approximate surface area is 162 Å². The van der Waals surface area contributed by atoms with Gasteiger partial charge < -0.3 is 9.47 Å². The summed E-state index contributed by atoms with van der Waals surface area (Å²) in [6, 6.07) is 21.0. The van der Waals surface area contributed by atoms with Gasteiger partial charge in [0.05, 0.1) is 29.8 Å². The van der Waals surface area contributed by atoms with Crippen molar-refractivity contribution in [2.45, 2.75) is 18.6 Å². The first-order valence-corrected chi connectivity index (χ1v) is 9.01. The van der Waals surface area contributed by atoms with Crippen LogP contribution in [0.2, 0.25) is 0 Å². The minimum absolute atomic E-state index is 0.250. The largest absolute Gasteiger partial charge is 0.469 e. The zero-order chi connectivity index (χ0) is 19.5. The van der Waals surface area contributed by atoms with Crippen molar-refractivity contribution >= 4 is 11.9 Å². The van der Waals surface area contributed by atoms with Crippen molar-refractivity contribution in [3.05, 3.63) is 76.9 Å². The highest BCUT2D eigenvalue weighted by Crippen LogP contribution is 2.41. The smallest absolute Gasteiger partial charge is 0.412 e. The number of allylic oxidation sites excluding steroid dienone is 1. The van der Waals surface area contributed by atoms with E-state index in [1.807, 2.05) is 42.5 Å². The van der Waals surface area contributed by atoms with Gasteiger partial charge >= 0.3 is 6.09 Å². The van der Waals surface area contributed by atoms with Gasteiger partial charge in [-0.3, -0.25) is 4.90 Å². The Morgan fingerprint density at radius 3 is 2.36 bits per heavy atom. The summed E-state index contributed by atoms with van der Waals surface area (Å²) in [5.41, 5.74) is 2.76. The van der Waals surface area contributed by atoms with Gasteiger partial charge in [-0.2, -0.15) is 10.5 Å². The first-order valence-electron chi connectivity index (χ1n) is 9.01. The SMILES string of the molecule is N#CC1=C(c2ccccc2)O[C@@H](N2CCOC2=O)C[C@H]1c1ccc(C#N)cc1.